The van der Waals surface area contributed by atoms with Crippen molar-refractivity contribution in [1.82, 2.24) is 4.90 Å². The molecule has 0 bridgehead atoms. The summed E-state index contributed by atoms with van der Waals surface area (Å²) in [6.07, 6.45) is 2.10. The number of hydrogen-bond donors (Lipinski definition) is 2. The number of hydrogen-bond acceptors (Lipinski definition) is 3. The van der Waals surface area contributed by atoms with Crippen LogP contribution in [0.4, 0.5) is 11.4 Å². The molecule has 26 heavy (non-hydrogen) atoms. The summed E-state index contributed by atoms with van der Waals surface area (Å²) in [6.45, 7) is 3.67. The zero-order valence-corrected chi connectivity index (χ0v) is 15.5. The van der Waals surface area contributed by atoms with Crippen LogP contribution in [0.3, 0.4) is 0 Å². The minimum Gasteiger partial charge on any atom is -0.376 e. The van der Waals surface area contributed by atoms with Crippen LogP contribution in [0.25, 0.3) is 0 Å². The highest BCUT2D eigenvalue weighted by atomic mass is 35.5. The number of anilines is 2. The highest BCUT2D eigenvalue weighted by Gasteiger charge is 2.19. The fourth-order valence-electron chi connectivity index (χ4n) is 3.00. The van der Waals surface area contributed by atoms with Crippen LogP contribution in [0.2, 0.25) is 5.02 Å². The van der Waals surface area contributed by atoms with Crippen LogP contribution in [0.5, 0.6) is 0 Å². The van der Waals surface area contributed by atoms with Gasteiger partial charge in [-0.15, -0.1) is 0 Å². The average molecular weight is 372 g/mol. The highest BCUT2D eigenvalue weighted by Crippen LogP contribution is 2.20. The summed E-state index contributed by atoms with van der Waals surface area (Å²) in [5.41, 5.74) is 3.05. The molecule has 5 nitrogen and oxygen atoms in total. The van der Waals surface area contributed by atoms with Crippen LogP contribution in [-0.4, -0.2) is 36.3 Å². The first-order valence-corrected chi connectivity index (χ1v) is 9.10. The Morgan fingerprint density at radius 3 is 2.65 bits per heavy atom. The lowest BCUT2D eigenvalue weighted by Gasteiger charge is -2.16. The second-order valence-electron chi connectivity index (χ2n) is 6.44. The van der Waals surface area contributed by atoms with E-state index in [9.17, 15) is 9.59 Å². The molecule has 0 aliphatic carbocycles. The van der Waals surface area contributed by atoms with E-state index in [1.807, 2.05) is 24.0 Å². The third-order valence-corrected chi connectivity index (χ3v) is 4.66. The molecule has 0 unspecified atom stereocenters. The summed E-state index contributed by atoms with van der Waals surface area (Å²) in [4.78, 5) is 26.5. The van der Waals surface area contributed by atoms with Gasteiger partial charge in [0.1, 0.15) is 0 Å². The van der Waals surface area contributed by atoms with Crippen molar-refractivity contribution >= 4 is 34.8 Å². The number of carbonyl (C=O) groups excluding carboxylic acids is 2. The van der Waals surface area contributed by atoms with Gasteiger partial charge in [-0.2, -0.15) is 0 Å². The molecular weight excluding hydrogens is 350 g/mol. The largest absolute Gasteiger partial charge is 0.376 e. The topological polar surface area (TPSA) is 61.4 Å². The summed E-state index contributed by atoms with van der Waals surface area (Å²) in [5.74, 6) is -0.165. The van der Waals surface area contributed by atoms with Gasteiger partial charge >= 0.3 is 0 Å². The van der Waals surface area contributed by atoms with Gasteiger partial charge in [0, 0.05) is 35.1 Å². The average Bonchev–Trinajstić information content (AvgIpc) is 3.17. The molecule has 0 atom stereocenters. The van der Waals surface area contributed by atoms with Gasteiger partial charge in [0.05, 0.1) is 6.54 Å². The first-order valence-electron chi connectivity index (χ1n) is 8.72. The molecule has 0 aromatic heterocycles. The molecule has 0 saturated carbocycles. The van der Waals surface area contributed by atoms with Gasteiger partial charge in [-0.05, 0) is 55.7 Å². The zero-order valence-electron chi connectivity index (χ0n) is 14.7. The van der Waals surface area contributed by atoms with Gasteiger partial charge in [0.2, 0.25) is 5.91 Å². The van der Waals surface area contributed by atoms with Crippen LogP contribution in [0, 0.1) is 6.92 Å². The lowest BCUT2D eigenvalue weighted by molar-refractivity contribution is -0.114. The van der Waals surface area contributed by atoms with Crippen molar-refractivity contribution in [2.75, 3.05) is 30.3 Å². The summed E-state index contributed by atoms with van der Waals surface area (Å²) in [6, 6.07) is 12.6. The van der Waals surface area contributed by atoms with Crippen LogP contribution in [0.15, 0.2) is 42.5 Å². The van der Waals surface area contributed by atoms with Gasteiger partial charge in [-0.1, -0.05) is 23.7 Å². The van der Waals surface area contributed by atoms with E-state index < -0.39 is 0 Å². The van der Waals surface area contributed by atoms with Crippen LogP contribution < -0.4 is 10.6 Å². The Bertz CT molecular complexity index is 816. The first-order chi connectivity index (χ1) is 12.5. The smallest absolute Gasteiger partial charge is 0.253 e. The molecule has 136 valence electrons. The number of amides is 2. The van der Waals surface area contributed by atoms with Crippen molar-refractivity contribution in [3.8, 4) is 0 Å². The zero-order chi connectivity index (χ0) is 18.5. The molecule has 6 heteroatoms. The number of likely N-dealkylation sites (tertiary alicyclic amines) is 1. The molecule has 2 aromatic carbocycles. The second kappa shape index (κ2) is 8.23. The monoisotopic (exact) mass is 371 g/mol. The van der Waals surface area contributed by atoms with Gasteiger partial charge in [-0.25, -0.2) is 0 Å². The second-order valence-corrected chi connectivity index (χ2v) is 6.88. The Morgan fingerprint density at radius 1 is 1.12 bits per heavy atom. The number of benzene rings is 2. The molecule has 1 heterocycles. The summed E-state index contributed by atoms with van der Waals surface area (Å²) in [7, 11) is 0. The van der Waals surface area contributed by atoms with E-state index in [-0.39, 0.29) is 18.4 Å². The maximum absolute atomic E-state index is 12.5. The lowest BCUT2D eigenvalue weighted by atomic mass is 10.1. The van der Waals surface area contributed by atoms with Crippen molar-refractivity contribution in [3.63, 3.8) is 0 Å². The van der Waals surface area contributed by atoms with Gasteiger partial charge < -0.3 is 15.5 Å². The molecule has 1 aliphatic rings. The van der Waals surface area contributed by atoms with Gasteiger partial charge in [0.25, 0.3) is 5.91 Å². The Labute approximate surface area is 158 Å². The predicted octanol–water partition coefficient (Wildman–Crippen LogP) is 3.94. The SMILES string of the molecule is Cc1ccc(Cl)cc1NCC(=O)Nc1cccc(C(=O)N2CCCC2)c1. The molecular formula is C20H22ClN3O2. The third kappa shape index (κ3) is 4.55. The first kappa shape index (κ1) is 18.3. The molecule has 3 rings (SSSR count). The van der Waals surface area contributed by atoms with Gasteiger partial charge in [0.15, 0.2) is 0 Å². The van der Waals surface area contributed by atoms with Crippen molar-refractivity contribution in [2.24, 2.45) is 0 Å². The standard InChI is InChI=1S/C20H22ClN3O2/c1-14-7-8-16(21)12-18(14)22-13-19(25)23-17-6-4-5-15(11-17)20(26)24-9-2-3-10-24/h4-8,11-12,22H,2-3,9-10,13H2,1H3,(H,23,25). The minimum atomic E-state index is -0.185. The molecule has 2 aromatic rings. The molecule has 2 amide bonds. The quantitative estimate of drug-likeness (QED) is 0.837. The van der Waals surface area contributed by atoms with E-state index in [0.29, 0.717) is 16.3 Å². The Kier molecular flexibility index (Phi) is 5.78. The number of nitrogens with zero attached hydrogens (tertiary/aromatic N) is 1. The Hall–Kier alpha value is -2.53. The number of halogens is 1. The van der Waals surface area contributed by atoms with Crippen molar-refractivity contribution in [3.05, 3.63) is 58.6 Å². The van der Waals surface area contributed by atoms with E-state index >= 15 is 0 Å². The number of aryl methyl sites for hydroxylation is 1. The third-order valence-electron chi connectivity index (χ3n) is 4.43. The maximum atomic E-state index is 12.5. The van der Waals surface area contributed by atoms with E-state index in [1.54, 1.807) is 30.3 Å². The fraction of sp³-hybridized carbons (Fsp3) is 0.300. The fourth-order valence-corrected chi connectivity index (χ4v) is 3.17. The van der Waals surface area contributed by atoms with Crippen molar-refractivity contribution in [1.29, 1.82) is 0 Å². The number of nitrogens with one attached hydrogen (secondary N) is 2. The van der Waals surface area contributed by atoms with Crippen LogP contribution in [-0.2, 0) is 4.79 Å². The lowest BCUT2D eigenvalue weighted by Crippen LogP contribution is -2.27. The summed E-state index contributed by atoms with van der Waals surface area (Å²) >= 11 is 5.99. The van der Waals surface area contributed by atoms with E-state index in [0.717, 1.165) is 37.2 Å². The summed E-state index contributed by atoms with van der Waals surface area (Å²) in [5, 5.41) is 6.53. The van der Waals surface area contributed by atoms with E-state index in [4.69, 9.17) is 11.6 Å². The molecule has 0 radical (unpaired) electrons. The maximum Gasteiger partial charge on any atom is 0.253 e. The van der Waals surface area contributed by atoms with Crippen molar-refractivity contribution in [2.45, 2.75) is 19.8 Å². The van der Waals surface area contributed by atoms with Gasteiger partial charge in [-0.3, -0.25) is 9.59 Å². The van der Waals surface area contributed by atoms with E-state index in [1.165, 1.54) is 0 Å². The number of rotatable bonds is 5. The molecule has 0 spiro atoms. The molecule has 1 aliphatic heterocycles. The Balaban J connectivity index is 1.59. The molecule has 1 fully saturated rings. The number of carbonyl (C=O) groups is 2. The normalized spacial score (nSPS) is 13.5. The van der Waals surface area contributed by atoms with Crippen molar-refractivity contribution < 1.29 is 9.59 Å². The van der Waals surface area contributed by atoms with E-state index in [2.05, 4.69) is 10.6 Å². The predicted molar refractivity (Wildman–Crippen MR) is 105 cm³/mol. The minimum absolute atomic E-state index is 0.0197. The summed E-state index contributed by atoms with van der Waals surface area (Å²) < 4.78 is 0. The highest BCUT2D eigenvalue weighted by molar-refractivity contribution is 6.30. The van der Waals surface area contributed by atoms with Crippen LogP contribution >= 0.6 is 11.6 Å². The van der Waals surface area contributed by atoms with Crippen LogP contribution in [0.1, 0.15) is 28.8 Å². The Morgan fingerprint density at radius 2 is 1.88 bits per heavy atom. The molecule has 2 N–H and O–H groups in total. The molecule has 1 saturated heterocycles.